The zero-order valence-corrected chi connectivity index (χ0v) is 9.37. The van der Waals surface area contributed by atoms with Gasteiger partial charge in [-0.15, -0.1) is 0 Å². The predicted octanol–water partition coefficient (Wildman–Crippen LogP) is 3.03. The van der Waals surface area contributed by atoms with Gasteiger partial charge in [0.05, 0.1) is 5.56 Å². The number of Topliss-reactive ketones (excluding diaryl/α,β-unsaturated/α-hetero) is 1. The van der Waals surface area contributed by atoms with Crippen LogP contribution in [0.4, 0.5) is 0 Å². The molecule has 2 rings (SSSR count). The van der Waals surface area contributed by atoms with Crippen LogP contribution in [0.25, 0.3) is 0 Å². The van der Waals surface area contributed by atoms with E-state index in [1.54, 1.807) is 6.07 Å². The summed E-state index contributed by atoms with van der Waals surface area (Å²) in [5.74, 6) is 0.948. The molecule has 0 saturated carbocycles. The number of hydrogen-bond acceptors (Lipinski definition) is 2. The third-order valence-corrected chi connectivity index (χ3v) is 3.30. The number of carbonyl (C=O) groups excluding carboxylic acids is 1. The molecule has 1 N–H and O–H groups in total. The minimum atomic E-state index is 0.0879. The number of aryl methyl sites for hydroxylation is 1. The molecule has 1 aromatic rings. The van der Waals surface area contributed by atoms with E-state index in [0.29, 0.717) is 17.9 Å². The summed E-state index contributed by atoms with van der Waals surface area (Å²) in [4.78, 5) is 11.8. The summed E-state index contributed by atoms with van der Waals surface area (Å²) in [5.41, 5.74) is 2.75. The van der Waals surface area contributed by atoms with Crippen molar-refractivity contribution in [1.29, 1.82) is 0 Å². The molecule has 0 aliphatic heterocycles. The SMILES string of the molecule is Cc1ccc(O)c2c1C(C(C)C)CC2=O. The maximum atomic E-state index is 11.8. The van der Waals surface area contributed by atoms with Crippen LogP contribution < -0.4 is 0 Å². The molecule has 1 aliphatic carbocycles. The van der Waals surface area contributed by atoms with Gasteiger partial charge in [-0.1, -0.05) is 19.9 Å². The molecule has 2 nitrogen and oxygen atoms in total. The average molecular weight is 204 g/mol. The fourth-order valence-corrected chi connectivity index (χ4v) is 2.46. The van der Waals surface area contributed by atoms with Gasteiger partial charge in [-0.2, -0.15) is 0 Å². The number of hydrogen-bond donors (Lipinski definition) is 1. The molecule has 15 heavy (non-hydrogen) atoms. The predicted molar refractivity (Wildman–Crippen MR) is 59.4 cm³/mol. The second-order valence-electron chi connectivity index (χ2n) is 4.67. The van der Waals surface area contributed by atoms with E-state index in [1.807, 2.05) is 13.0 Å². The molecule has 1 aliphatic rings. The Kier molecular flexibility index (Phi) is 2.29. The molecule has 0 heterocycles. The molecule has 0 aromatic heterocycles. The van der Waals surface area contributed by atoms with Gasteiger partial charge in [-0.3, -0.25) is 4.79 Å². The third-order valence-electron chi connectivity index (χ3n) is 3.30. The second kappa shape index (κ2) is 3.37. The van der Waals surface area contributed by atoms with Crippen molar-refractivity contribution in [1.82, 2.24) is 0 Å². The summed E-state index contributed by atoms with van der Waals surface area (Å²) < 4.78 is 0. The fraction of sp³-hybridized carbons (Fsp3) is 0.462. The normalized spacial score (nSPS) is 19.7. The number of carbonyl (C=O) groups is 1. The van der Waals surface area contributed by atoms with Crippen LogP contribution in [-0.4, -0.2) is 10.9 Å². The molecule has 0 amide bonds. The van der Waals surface area contributed by atoms with Gasteiger partial charge in [-0.25, -0.2) is 0 Å². The largest absolute Gasteiger partial charge is 0.507 e. The number of benzene rings is 1. The molecule has 80 valence electrons. The van der Waals surface area contributed by atoms with Crippen LogP contribution in [0.2, 0.25) is 0 Å². The fourth-order valence-electron chi connectivity index (χ4n) is 2.46. The summed E-state index contributed by atoms with van der Waals surface area (Å²) in [7, 11) is 0. The number of aromatic hydroxyl groups is 1. The van der Waals surface area contributed by atoms with Crippen molar-refractivity contribution in [2.75, 3.05) is 0 Å². The van der Waals surface area contributed by atoms with Crippen LogP contribution in [-0.2, 0) is 0 Å². The highest BCUT2D eigenvalue weighted by Gasteiger charge is 2.34. The Morgan fingerprint density at radius 1 is 1.40 bits per heavy atom. The van der Waals surface area contributed by atoms with Crippen molar-refractivity contribution >= 4 is 5.78 Å². The Morgan fingerprint density at radius 3 is 2.67 bits per heavy atom. The molecule has 0 fully saturated rings. The first-order chi connectivity index (χ1) is 7.02. The average Bonchev–Trinajstić information content (AvgIpc) is 2.51. The highest BCUT2D eigenvalue weighted by Crippen LogP contribution is 2.43. The lowest BCUT2D eigenvalue weighted by Crippen LogP contribution is -2.04. The van der Waals surface area contributed by atoms with Crippen LogP contribution in [0.1, 0.15) is 47.7 Å². The van der Waals surface area contributed by atoms with Crippen molar-refractivity contribution in [2.24, 2.45) is 5.92 Å². The molecule has 1 aromatic carbocycles. The first-order valence-corrected chi connectivity index (χ1v) is 5.38. The number of fused-ring (bicyclic) bond motifs is 1. The van der Waals surface area contributed by atoms with E-state index >= 15 is 0 Å². The van der Waals surface area contributed by atoms with Crippen LogP contribution in [0, 0.1) is 12.8 Å². The van der Waals surface area contributed by atoms with Gasteiger partial charge in [0.25, 0.3) is 0 Å². The molecule has 0 spiro atoms. The van der Waals surface area contributed by atoms with E-state index in [4.69, 9.17) is 0 Å². The van der Waals surface area contributed by atoms with Gasteiger partial charge in [0, 0.05) is 6.42 Å². The minimum absolute atomic E-state index is 0.0879. The standard InChI is InChI=1S/C13H16O2/c1-7(2)9-6-11(15)13-10(14)5-4-8(3)12(9)13/h4-5,7,9,14H,6H2,1-3H3. The Bertz CT molecular complexity index is 419. The van der Waals surface area contributed by atoms with Crippen LogP contribution in [0.15, 0.2) is 12.1 Å². The van der Waals surface area contributed by atoms with Gasteiger partial charge in [0.2, 0.25) is 0 Å². The monoisotopic (exact) mass is 204 g/mol. The lowest BCUT2D eigenvalue weighted by molar-refractivity contribution is 0.0982. The van der Waals surface area contributed by atoms with Gasteiger partial charge >= 0.3 is 0 Å². The second-order valence-corrected chi connectivity index (χ2v) is 4.67. The number of ketones is 1. The van der Waals surface area contributed by atoms with E-state index in [1.165, 1.54) is 0 Å². The zero-order chi connectivity index (χ0) is 11.2. The summed E-state index contributed by atoms with van der Waals surface area (Å²) >= 11 is 0. The molecule has 2 heteroatoms. The van der Waals surface area contributed by atoms with Crippen molar-refractivity contribution < 1.29 is 9.90 Å². The Morgan fingerprint density at radius 2 is 2.07 bits per heavy atom. The van der Waals surface area contributed by atoms with Crippen molar-refractivity contribution in [3.8, 4) is 5.75 Å². The Hall–Kier alpha value is -1.31. The van der Waals surface area contributed by atoms with E-state index in [0.717, 1.165) is 11.1 Å². The highest BCUT2D eigenvalue weighted by molar-refractivity contribution is 6.04. The number of phenolic OH excluding ortho intramolecular Hbond substituents is 1. The summed E-state index contributed by atoms with van der Waals surface area (Å²) in [6.07, 6.45) is 0.547. The molecule has 1 atom stereocenters. The maximum Gasteiger partial charge on any atom is 0.167 e. The van der Waals surface area contributed by atoms with E-state index in [-0.39, 0.29) is 17.5 Å². The minimum Gasteiger partial charge on any atom is -0.507 e. The van der Waals surface area contributed by atoms with Gasteiger partial charge in [0.1, 0.15) is 5.75 Å². The lowest BCUT2D eigenvalue weighted by Gasteiger charge is -2.17. The lowest BCUT2D eigenvalue weighted by atomic mass is 9.87. The third kappa shape index (κ3) is 1.44. The first kappa shape index (κ1) is 10.2. The molecular formula is C13H16O2. The molecule has 0 bridgehead atoms. The van der Waals surface area contributed by atoms with E-state index in [2.05, 4.69) is 13.8 Å². The van der Waals surface area contributed by atoms with Crippen LogP contribution >= 0.6 is 0 Å². The van der Waals surface area contributed by atoms with Gasteiger partial charge < -0.3 is 5.11 Å². The van der Waals surface area contributed by atoms with Crippen LogP contribution in [0.5, 0.6) is 5.75 Å². The molecule has 0 radical (unpaired) electrons. The Labute approximate surface area is 89.9 Å². The van der Waals surface area contributed by atoms with E-state index < -0.39 is 0 Å². The van der Waals surface area contributed by atoms with Crippen molar-refractivity contribution in [3.05, 3.63) is 28.8 Å². The number of rotatable bonds is 1. The smallest absolute Gasteiger partial charge is 0.167 e. The first-order valence-electron chi connectivity index (χ1n) is 5.38. The zero-order valence-electron chi connectivity index (χ0n) is 9.37. The van der Waals surface area contributed by atoms with Crippen LogP contribution in [0.3, 0.4) is 0 Å². The van der Waals surface area contributed by atoms with Gasteiger partial charge in [0.15, 0.2) is 5.78 Å². The van der Waals surface area contributed by atoms with Crippen molar-refractivity contribution in [3.63, 3.8) is 0 Å². The van der Waals surface area contributed by atoms with Gasteiger partial charge in [-0.05, 0) is 36.0 Å². The summed E-state index contributed by atoms with van der Waals surface area (Å²) in [6.45, 7) is 6.25. The van der Waals surface area contributed by atoms with E-state index in [9.17, 15) is 9.90 Å². The molecule has 0 saturated heterocycles. The topological polar surface area (TPSA) is 37.3 Å². The Balaban J connectivity index is 2.64. The summed E-state index contributed by atoms with van der Waals surface area (Å²) in [5, 5.41) is 9.70. The summed E-state index contributed by atoms with van der Waals surface area (Å²) in [6, 6.07) is 3.51. The highest BCUT2D eigenvalue weighted by atomic mass is 16.3. The quantitative estimate of drug-likeness (QED) is 0.763. The molecule has 1 unspecified atom stereocenters. The maximum absolute atomic E-state index is 11.8. The van der Waals surface area contributed by atoms with Crippen molar-refractivity contribution in [2.45, 2.75) is 33.1 Å². The number of phenols is 1. The molecular weight excluding hydrogens is 188 g/mol.